The lowest BCUT2D eigenvalue weighted by Crippen LogP contribution is -2.40. The Morgan fingerprint density at radius 1 is 1.20 bits per heavy atom. The molecule has 3 fully saturated rings. The Balaban J connectivity index is 1.37. The van der Waals surface area contributed by atoms with E-state index >= 15 is 0 Å². The van der Waals surface area contributed by atoms with Crippen molar-refractivity contribution in [2.75, 3.05) is 26.2 Å². The summed E-state index contributed by atoms with van der Waals surface area (Å²) < 4.78 is 0. The third-order valence-corrected chi connectivity index (χ3v) is 5.29. The lowest BCUT2D eigenvalue weighted by atomic mass is 9.93. The maximum atomic E-state index is 12.1. The first-order valence-electron chi connectivity index (χ1n) is 8.46. The van der Waals surface area contributed by atoms with E-state index < -0.39 is 0 Å². The minimum absolute atomic E-state index is 0.276. The Hall–Kier alpha value is -0.610. The summed E-state index contributed by atoms with van der Waals surface area (Å²) in [4.78, 5) is 14.7. The van der Waals surface area contributed by atoms with E-state index in [1.54, 1.807) is 0 Å². The molecule has 2 heterocycles. The van der Waals surface area contributed by atoms with E-state index in [0.717, 1.165) is 44.4 Å². The fraction of sp³-hybridized carbons (Fsp3) is 0.938. The molecule has 20 heavy (non-hydrogen) atoms. The minimum Gasteiger partial charge on any atom is -0.352 e. The van der Waals surface area contributed by atoms with Gasteiger partial charge < -0.3 is 10.6 Å². The van der Waals surface area contributed by atoms with Crippen LogP contribution in [-0.4, -0.2) is 49.1 Å². The summed E-state index contributed by atoms with van der Waals surface area (Å²) in [5.41, 5.74) is 0. The van der Waals surface area contributed by atoms with Gasteiger partial charge >= 0.3 is 0 Å². The number of likely N-dealkylation sites (tertiary alicyclic amines) is 1. The van der Waals surface area contributed by atoms with Gasteiger partial charge in [0.2, 0.25) is 5.91 Å². The van der Waals surface area contributed by atoms with Crippen LogP contribution in [0.3, 0.4) is 0 Å². The van der Waals surface area contributed by atoms with Crippen molar-refractivity contribution in [3.63, 3.8) is 0 Å². The molecule has 0 aromatic heterocycles. The van der Waals surface area contributed by atoms with Crippen LogP contribution >= 0.6 is 0 Å². The molecule has 3 aliphatic rings. The maximum absolute atomic E-state index is 12.1. The molecule has 2 unspecified atom stereocenters. The van der Waals surface area contributed by atoms with E-state index in [9.17, 15) is 4.79 Å². The molecule has 4 nitrogen and oxygen atoms in total. The fourth-order valence-corrected chi connectivity index (χ4v) is 3.71. The van der Waals surface area contributed by atoms with Crippen LogP contribution in [-0.2, 0) is 4.79 Å². The molecule has 0 aromatic rings. The second-order valence-electron chi connectivity index (χ2n) is 7.07. The van der Waals surface area contributed by atoms with Gasteiger partial charge in [0.1, 0.15) is 0 Å². The summed E-state index contributed by atoms with van der Waals surface area (Å²) in [6.45, 7) is 6.78. The zero-order valence-corrected chi connectivity index (χ0v) is 12.7. The summed E-state index contributed by atoms with van der Waals surface area (Å²) in [6.07, 6.45) is 7.00. The quantitative estimate of drug-likeness (QED) is 0.799. The zero-order valence-electron chi connectivity index (χ0n) is 12.7. The standard InChI is InChI=1S/C16H29N3O/c1-12-10-19(14-3-4-14)11-15(12)18-16(20)5-2-13-6-8-17-9-7-13/h12-15,17H,2-11H2,1H3,(H,18,20). The van der Waals surface area contributed by atoms with Crippen molar-refractivity contribution in [1.82, 2.24) is 15.5 Å². The number of carbonyl (C=O) groups excluding carboxylic acids is 1. The van der Waals surface area contributed by atoms with Gasteiger partial charge in [-0.15, -0.1) is 0 Å². The van der Waals surface area contributed by atoms with Gasteiger partial charge in [0, 0.05) is 31.6 Å². The first kappa shape index (κ1) is 14.3. The third-order valence-electron chi connectivity index (χ3n) is 5.29. The highest BCUT2D eigenvalue weighted by Gasteiger charge is 2.38. The number of rotatable bonds is 5. The number of nitrogens with zero attached hydrogens (tertiary/aromatic N) is 1. The van der Waals surface area contributed by atoms with Gasteiger partial charge in [-0.2, -0.15) is 0 Å². The van der Waals surface area contributed by atoms with Gasteiger partial charge in [-0.25, -0.2) is 0 Å². The molecule has 0 bridgehead atoms. The van der Waals surface area contributed by atoms with Crippen LogP contribution in [0.15, 0.2) is 0 Å². The average molecular weight is 279 g/mol. The SMILES string of the molecule is CC1CN(C2CC2)CC1NC(=O)CCC1CCNCC1. The maximum Gasteiger partial charge on any atom is 0.220 e. The summed E-state index contributed by atoms with van der Waals surface area (Å²) in [5.74, 6) is 1.64. The molecule has 114 valence electrons. The summed E-state index contributed by atoms with van der Waals surface area (Å²) >= 11 is 0. The van der Waals surface area contributed by atoms with Gasteiger partial charge in [0.25, 0.3) is 0 Å². The summed E-state index contributed by atoms with van der Waals surface area (Å²) in [6, 6.07) is 1.21. The Morgan fingerprint density at radius 2 is 1.95 bits per heavy atom. The molecule has 3 rings (SSSR count). The van der Waals surface area contributed by atoms with Crippen molar-refractivity contribution in [3.05, 3.63) is 0 Å². The smallest absolute Gasteiger partial charge is 0.220 e. The van der Waals surface area contributed by atoms with Crippen LogP contribution in [0.4, 0.5) is 0 Å². The van der Waals surface area contributed by atoms with Gasteiger partial charge in [-0.3, -0.25) is 9.69 Å². The van der Waals surface area contributed by atoms with Gasteiger partial charge in [0.05, 0.1) is 0 Å². The molecule has 4 heteroatoms. The monoisotopic (exact) mass is 279 g/mol. The Bertz CT molecular complexity index is 337. The second kappa shape index (κ2) is 6.44. The van der Waals surface area contributed by atoms with Crippen molar-refractivity contribution < 1.29 is 4.79 Å². The van der Waals surface area contributed by atoms with Gasteiger partial charge in [-0.1, -0.05) is 6.92 Å². The topological polar surface area (TPSA) is 44.4 Å². The van der Waals surface area contributed by atoms with Crippen LogP contribution in [0.25, 0.3) is 0 Å². The Kier molecular flexibility index (Phi) is 4.61. The van der Waals surface area contributed by atoms with Crippen molar-refractivity contribution in [2.24, 2.45) is 11.8 Å². The summed E-state index contributed by atoms with van der Waals surface area (Å²) in [7, 11) is 0. The molecule has 0 spiro atoms. The van der Waals surface area contributed by atoms with Gasteiger partial charge in [-0.05, 0) is 57.0 Å². The fourth-order valence-electron chi connectivity index (χ4n) is 3.71. The first-order chi connectivity index (χ1) is 9.72. The molecule has 2 N–H and O–H groups in total. The predicted octanol–water partition coefficient (Wildman–Crippen LogP) is 1.37. The highest BCUT2D eigenvalue weighted by Crippen LogP contribution is 2.31. The van der Waals surface area contributed by atoms with Crippen LogP contribution < -0.4 is 10.6 Å². The van der Waals surface area contributed by atoms with Crippen molar-refractivity contribution in [3.8, 4) is 0 Å². The average Bonchev–Trinajstić information content (AvgIpc) is 3.24. The highest BCUT2D eigenvalue weighted by molar-refractivity contribution is 5.76. The van der Waals surface area contributed by atoms with Crippen LogP contribution in [0, 0.1) is 11.8 Å². The minimum atomic E-state index is 0.276. The zero-order chi connectivity index (χ0) is 13.9. The number of hydrogen-bond donors (Lipinski definition) is 2. The third kappa shape index (κ3) is 3.73. The molecule has 2 aliphatic heterocycles. The van der Waals surface area contributed by atoms with Crippen molar-refractivity contribution in [2.45, 2.75) is 57.5 Å². The lowest BCUT2D eigenvalue weighted by Gasteiger charge is -2.23. The predicted molar refractivity (Wildman–Crippen MR) is 80.5 cm³/mol. The molecule has 1 saturated carbocycles. The number of amides is 1. The van der Waals surface area contributed by atoms with Gasteiger partial charge in [0.15, 0.2) is 0 Å². The van der Waals surface area contributed by atoms with Crippen molar-refractivity contribution >= 4 is 5.91 Å². The second-order valence-corrected chi connectivity index (χ2v) is 7.07. The Morgan fingerprint density at radius 3 is 2.65 bits per heavy atom. The number of carbonyl (C=O) groups is 1. The molecule has 0 aromatic carbocycles. The highest BCUT2D eigenvalue weighted by atomic mass is 16.1. The number of piperidine rings is 1. The van der Waals surface area contributed by atoms with E-state index in [4.69, 9.17) is 0 Å². The summed E-state index contributed by atoms with van der Waals surface area (Å²) in [5, 5.41) is 6.67. The van der Waals surface area contributed by atoms with E-state index in [-0.39, 0.29) is 5.91 Å². The molecule has 1 aliphatic carbocycles. The first-order valence-corrected chi connectivity index (χ1v) is 8.46. The molecular formula is C16H29N3O. The van der Waals surface area contributed by atoms with E-state index in [2.05, 4.69) is 22.5 Å². The molecule has 2 atom stereocenters. The van der Waals surface area contributed by atoms with E-state index in [0.29, 0.717) is 12.0 Å². The van der Waals surface area contributed by atoms with Crippen LogP contribution in [0.1, 0.15) is 45.4 Å². The largest absolute Gasteiger partial charge is 0.352 e. The van der Waals surface area contributed by atoms with E-state index in [1.165, 1.54) is 32.2 Å². The van der Waals surface area contributed by atoms with E-state index in [1.807, 2.05) is 0 Å². The molecule has 0 radical (unpaired) electrons. The molecule has 1 amide bonds. The van der Waals surface area contributed by atoms with Crippen LogP contribution in [0.5, 0.6) is 0 Å². The number of nitrogens with one attached hydrogen (secondary N) is 2. The van der Waals surface area contributed by atoms with Crippen molar-refractivity contribution in [1.29, 1.82) is 0 Å². The lowest BCUT2D eigenvalue weighted by molar-refractivity contribution is -0.122. The normalized spacial score (nSPS) is 32.5. The molecule has 2 saturated heterocycles. The number of hydrogen-bond acceptors (Lipinski definition) is 3. The van der Waals surface area contributed by atoms with Crippen LogP contribution in [0.2, 0.25) is 0 Å². The molecular weight excluding hydrogens is 250 g/mol. The Labute approximate surface area is 122 Å².